The summed E-state index contributed by atoms with van der Waals surface area (Å²) in [5.41, 5.74) is 7.35. The highest BCUT2D eigenvalue weighted by atomic mass is 35.5. The van der Waals surface area contributed by atoms with E-state index in [1.165, 1.54) is 6.07 Å². The third-order valence-electron chi connectivity index (χ3n) is 3.32. The largest absolute Gasteiger partial charge is 0.493 e. The van der Waals surface area contributed by atoms with Gasteiger partial charge in [0.15, 0.2) is 11.5 Å². The molecule has 112 valence electrons. The number of hydrogen-bond acceptors (Lipinski definition) is 3. The molecule has 0 amide bonds. The Labute approximate surface area is 128 Å². The molecule has 0 aliphatic rings. The summed E-state index contributed by atoms with van der Waals surface area (Å²) in [5, 5.41) is 0.368. The molecule has 0 radical (unpaired) electrons. The third kappa shape index (κ3) is 3.28. The zero-order valence-electron chi connectivity index (χ0n) is 11.9. The van der Waals surface area contributed by atoms with Gasteiger partial charge in [0.1, 0.15) is 5.82 Å². The summed E-state index contributed by atoms with van der Waals surface area (Å²) in [6.45, 7) is 0. The molecule has 3 nitrogen and oxygen atoms in total. The molecule has 0 aromatic heterocycles. The molecule has 2 N–H and O–H groups in total. The van der Waals surface area contributed by atoms with Crippen molar-refractivity contribution in [2.45, 2.75) is 12.5 Å². The zero-order valence-corrected chi connectivity index (χ0v) is 12.7. The predicted octanol–water partition coefficient (Wildman–Crippen LogP) is 3.74. The third-order valence-corrected chi connectivity index (χ3v) is 3.67. The first-order chi connectivity index (χ1) is 10.1. The number of ether oxygens (including phenoxy) is 2. The lowest BCUT2D eigenvalue weighted by atomic mass is 9.98. The topological polar surface area (TPSA) is 44.5 Å². The van der Waals surface area contributed by atoms with E-state index in [0.29, 0.717) is 22.1 Å². The second kappa shape index (κ2) is 6.78. The lowest BCUT2D eigenvalue weighted by Gasteiger charge is -2.18. The van der Waals surface area contributed by atoms with Crippen LogP contribution in [-0.2, 0) is 6.42 Å². The first-order valence-corrected chi connectivity index (χ1v) is 6.85. The normalized spacial score (nSPS) is 12.0. The smallest absolute Gasteiger partial charge is 0.165 e. The van der Waals surface area contributed by atoms with Gasteiger partial charge in [0.2, 0.25) is 0 Å². The Morgan fingerprint density at radius 3 is 2.48 bits per heavy atom. The molecule has 0 aliphatic carbocycles. The van der Waals surface area contributed by atoms with Crippen molar-refractivity contribution in [2.75, 3.05) is 14.2 Å². The van der Waals surface area contributed by atoms with Crippen LogP contribution >= 0.6 is 11.6 Å². The van der Waals surface area contributed by atoms with Gasteiger partial charge >= 0.3 is 0 Å². The summed E-state index contributed by atoms with van der Waals surface area (Å²) >= 11 is 6.04. The number of rotatable bonds is 5. The lowest BCUT2D eigenvalue weighted by Crippen LogP contribution is -2.16. The van der Waals surface area contributed by atoms with Gasteiger partial charge in [0.05, 0.1) is 14.2 Å². The fourth-order valence-electron chi connectivity index (χ4n) is 2.26. The highest BCUT2D eigenvalue weighted by Gasteiger charge is 2.19. The molecule has 2 aromatic carbocycles. The molecule has 0 saturated carbocycles. The Morgan fingerprint density at radius 1 is 1.14 bits per heavy atom. The molecule has 0 saturated heterocycles. The molecule has 0 bridgehead atoms. The van der Waals surface area contributed by atoms with E-state index in [1.807, 2.05) is 12.1 Å². The minimum Gasteiger partial charge on any atom is -0.493 e. The summed E-state index contributed by atoms with van der Waals surface area (Å²) in [6.07, 6.45) is 0.273. The van der Waals surface area contributed by atoms with E-state index in [9.17, 15) is 4.39 Å². The van der Waals surface area contributed by atoms with E-state index in [1.54, 1.807) is 32.4 Å². The highest BCUT2D eigenvalue weighted by Crippen LogP contribution is 2.35. The first kappa shape index (κ1) is 15.6. The quantitative estimate of drug-likeness (QED) is 0.915. The minimum absolute atomic E-state index is 0.273. The minimum atomic E-state index is -0.454. The van der Waals surface area contributed by atoms with Gasteiger partial charge in [-0.1, -0.05) is 29.8 Å². The standard InChI is InChI=1S/C16H17ClFNO2/c1-20-15-8-3-5-10(16(15)21-2)14(19)9-11-12(17)6-4-7-13(11)18/h3-8,14H,9,19H2,1-2H3. The average Bonchev–Trinajstić information content (AvgIpc) is 2.49. The molecule has 0 aliphatic heterocycles. The zero-order chi connectivity index (χ0) is 15.4. The van der Waals surface area contributed by atoms with Crippen LogP contribution in [0, 0.1) is 5.82 Å². The van der Waals surface area contributed by atoms with Crippen molar-refractivity contribution < 1.29 is 13.9 Å². The molecular formula is C16H17ClFNO2. The van der Waals surface area contributed by atoms with Crippen LogP contribution < -0.4 is 15.2 Å². The second-order valence-corrected chi connectivity index (χ2v) is 5.00. The van der Waals surface area contributed by atoms with Crippen LogP contribution in [0.4, 0.5) is 4.39 Å². The van der Waals surface area contributed by atoms with Gasteiger partial charge in [-0.15, -0.1) is 0 Å². The Bertz CT molecular complexity index is 613. The van der Waals surface area contributed by atoms with Crippen LogP contribution in [0.2, 0.25) is 5.02 Å². The summed E-state index contributed by atoms with van der Waals surface area (Å²) in [6, 6.07) is 9.57. The lowest BCUT2D eigenvalue weighted by molar-refractivity contribution is 0.349. The van der Waals surface area contributed by atoms with Crippen molar-refractivity contribution in [1.82, 2.24) is 0 Å². The molecule has 0 fully saturated rings. The number of methoxy groups -OCH3 is 2. The average molecular weight is 310 g/mol. The maximum absolute atomic E-state index is 13.9. The van der Waals surface area contributed by atoms with Crippen LogP contribution in [0.15, 0.2) is 36.4 Å². The molecule has 0 heterocycles. The molecule has 1 unspecified atom stereocenters. The number of benzene rings is 2. The van der Waals surface area contributed by atoms with Crippen molar-refractivity contribution in [2.24, 2.45) is 5.73 Å². The fourth-order valence-corrected chi connectivity index (χ4v) is 2.50. The van der Waals surface area contributed by atoms with Crippen molar-refractivity contribution in [3.8, 4) is 11.5 Å². The molecule has 2 rings (SSSR count). The molecule has 2 aromatic rings. The number of halogens is 2. The fraction of sp³-hybridized carbons (Fsp3) is 0.250. The number of hydrogen-bond donors (Lipinski definition) is 1. The van der Waals surface area contributed by atoms with Gasteiger partial charge in [-0.25, -0.2) is 4.39 Å². The van der Waals surface area contributed by atoms with E-state index < -0.39 is 6.04 Å². The molecular weight excluding hydrogens is 293 g/mol. The van der Waals surface area contributed by atoms with Gasteiger partial charge in [0, 0.05) is 22.2 Å². The van der Waals surface area contributed by atoms with Crippen LogP contribution in [-0.4, -0.2) is 14.2 Å². The number of para-hydroxylation sites is 1. The SMILES string of the molecule is COc1cccc(C(N)Cc2c(F)cccc2Cl)c1OC. The van der Waals surface area contributed by atoms with Crippen molar-refractivity contribution in [3.63, 3.8) is 0 Å². The van der Waals surface area contributed by atoms with E-state index in [-0.39, 0.29) is 12.2 Å². The van der Waals surface area contributed by atoms with Gasteiger partial charge in [-0.3, -0.25) is 0 Å². The van der Waals surface area contributed by atoms with Gasteiger partial charge < -0.3 is 15.2 Å². The van der Waals surface area contributed by atoms with E-state index in [4.69, 9.17) is 26.8 Å². The summed E-state index contributed by atoms with van der Waals surface area (Å²) in [7, 11) is 3.10. The van der Waals surface area contributed by atoms with E-state index in [0.717, 1.165) is 5.56 Å². The highest BCUT2D eigenvalue weighted by molar-refractivity contribution is 6.31. The maximum Gasteiger partial charge on any atom is 0.165 e. The van der Waals surface area contributed by atoms with Crippen molar-refractivity contribution in [3.05, 3.63) is 58.4 Å². The molecule has 21 heavy (non-hydrogen) atoms. The maximum atomic E-state index is 13.9. The van der Waals surface area contributed by atoms with Crippen LogP contribution in [0.3, 0.4) is 0 Å². The van der Waals surface area contributed by atoms with Gasteiger partial charge in [0.25, 0.3) is 0 Å². The molecule has 1 atom stereocenters. The van der Waals surface area contributed by atoms with Crippen LogP contribution in [0.1, 0.15) is 17.2 Å². The van der Waals surface area contributed by atoms with E-state index >= 15 is 0 Å². The first-order valence-electron chi connectivity index (χ1n) is 6.47. The Morgan fingerprint density at radius 2 is 1.86 bits per heavy atom. The molecule has 5 heteroatoms. The Hall–Kier alpha value is -1.78. The summed E-state index contributed by atoms with van der Waals surface area (Å²) < 4.78 is 24.5. The predicted molar refractivity (Wildman–Crippen MR) is 81.6 cm³/mol. The number of nitrogens with two attached hydrogens (primary N) is 1. The monoisotopic (exact) mass is 309 g/mol. The van der Waals surface area contributed by atoms with Crippen LogP contribution in [0.5, 0.6) is 11.5 Å². The second-order valence-electron chi connectivity index (χ2n) is 4.59. The molecule has 0 spiro atoms. The van der Waals surface area contributed by atoms with E-state index in [2.05, 4.69) is 0 Å². The van der Waals surface area contributed by atoms with Gasteiger partial charge in [-0.2, -0.15) is 0 Å². The van der Waals surface area contributed by atoms with Crippen molar-refractivity contribution >= 4 is 11.6 Å². The summed E-state index contributed by atoms with van der Waals surface area (Å²) in [5.74, 6) is 0.782. The van der Waals surface area contributed by atoms with Crippen LogP contribution in [0.25, 0.3) is 0 Å². The van der Waals surface area contributed by atoms with Crippen molar-refractivity contribution in [1.29, 1.82) is 0 Å². The Kier molecular flexibility index (Phi) is 5.04. The summed E-state index contributed by atoms with van der Waals surface area (Å²) in [4.78, 5) is 0. The Balaban J connectivity index is 2.35. The van der Waals surface area contributed by atoms with Gasteiger partial charge in [-0.05, 0) is 24.6 Å².